The lowest BCUT2D eigenvalue weighted by Crippen LogP contribution is -2.07. The zero-order chi connectivity index (χ0) is 11.5. The second kappa shape index (κ2) is 4.02. The minimum atomic E-state index is -0.738. The molecule has 0 aliphatic carbocycles. The van der Waals surface area contributed by atoms with Gasteiger partial charge >= 0.3 is 5.97 Å². The molecule has 4 heteroatoms. The van der Waals surface area contributed by atoms with Gasteiger partial charge in [-0.25, -0.2) is 4.79 Å². The molecule has 1 aromatic carbocycles. The Labute approximate surface area is 90.8 Å². The van der Waals surface area contributed by atoms with E-state index in [-0.39, 0.29) is 11.2 Å². The van der Waals surface area contributed by atoms with Crippen LogP contribution in [0.1, 0.15) is 10.6 Å². The summed E-state index contributed by atoms with van der Waals surface area (Å²) in [6.45, 7) is 3.25. The maximum Gasteiger partial charge on any atom is 0.379 e. The predicted molar refractivity (Wildman–Crippen MR) is 58.1 cm³/mol. The lowest BCUT2D eigenvalue weighted by atomic mass is 10.2. The van der Waals surface area contributed by atoms with Gasteiger partial charge in [0.05, 0.1) is 11.6 Å². The van der Waals surface area contributed by atoms with E-state index in [0.717, 1.165) is 12.3 Å². The normalized spacial score (nSPS) is 10.0. The number of carbonyl (C=O) groups excluding carboxylic acids is 1. The van der Waals surface area contributed by atoms with Crippen molar-refractivity contribution in [2.45, 2.75) is 0 Å². The Morgan fingerprint density at radius 1 is 1.38 bits per heavy atom. The molecule has 0 aliphatic rings. The van der Waals surface area contributed by atoms with Gasteiger partial charge in [0.25, 0.3) is 0 Å². The number of esters is 1. The zero-order valence-electron chi connectivity index (χ0n) is 8.30. The summed E-state index contributed by atoms with van der Waals surface area (Å²) in [5.41, 5.74) is 0.0730. The van der Waals surface area contributed by atoms with E-state index in [9.17, 15) is 9.59 Å². The molecule has 80 valence electrons. The Bertz CT molecular complexity index is 610. The highest BCUT2D eigenvalue weighted by molar-refractivity contribution is 5.89. The van der Waals surface area contributed by atoms with E-state index in [0.29, 0.717) is 11.0 Å². The molecule has 0 saturated carbocycles. The first kappa shape index (κ1) is 10.2. The van der Waals surface area contributed by atoms with Crippen molar-refractivity contribution in [3.63, 3.8) is 0 Å². The molecule has 0 N–H and O–H groups in total. The largest absolute Gasteiger partial charge is 0.449 e. The molecule has 0 spiro atoms. The molecule has 4 nitrogen and oxygen atoms in total. The molecular weight excluding hydrogens is 208 g/mol. The van der Waals surface area contributed by atoms with Crippen LogP contribution in [0.3, 0.4) is 0 Å². The van der Waals surface area contributed by atoms with Crippen LogP contribution < -0.4 is 5.43 Å². The van der Waals surface area contributed by atoms with Crippen molar-refractivity contribution in [3.8, 4) is 0 Å². The minimum absolute atomic E-state index is 0.136. The Hall–Kier alpha value is -2.36. The molecule has 2 rings (SSSR count). The highest BCUT2D eigenvalue weighted by Crippen LogP contribution is 2.12. The molecule has 0 unspecified atom stereocenters. The van der Waals surface area contributed by atoms with Crippen molar-refractivity contribution in [1.82, 2.24) is 0 Å². The van der Waals surface area contributed by atoms with Crippen molar-refractivity contribution in [3.05, 3.63) is 59.2 Å². The monoisotopic (exact) mass is 216 g/mol. The van der Waals surface area contributed by atoms with Crippen molar-refractivity contribution >= 4 is 16.9 Å². The van der Waals surface area contributed by atoms with E-state index >= 15 is 0 Å². The van der Waals surface area contributed by atoms with E-state index in [2.05, 4.69) is 11.3 Å². The fourth-order valence-electron chi connectivity index (χ4n) is 1.34. The van der Waals surface area contributed by atoms with E-state index in [1.807, 2.05) is 0 Å². The molecule has 1 aromatic heterocycles. The minimum Gasteiger partial charge on any atom is -0.449 e. The van der Waals surface area contributed by atoms with Gasteiger partial charge in [0, 0.05) is 6.07 Å². The summed E-state index contributed by atoms with van der Waals surface area (Å²) < 4.78 is 9.76. The topological polar surface area (TPSA) is 56.5 Å². The number of ether oxygens (including phenoxy) is 1. The average molecular weight is 216 g/mol. The van der Waals surface area contributed by atoms with Crippen LogP contribution in [0.25, 0.3) is 11.0 Å². The van der Waals surface area contributed by atoms with Gasteiger partial charge in [0.1, 0.15) is 5.58 Å². The second-order valence-electron chi connectivity index (χ2n) is 3.04. The first-order valence-electron chi connectivity index (χ1n) is 4.57. The number of carbonyl (C=O) groups is 1. The molecule has 0 saturated heterocycles. The van der Waals surface area contributed by atoms with Crippen LogP contribution in [0.15, 0.2) is 52.4 Å². The van der Waals surface area contributed by atoms with Crippen molar-refractivity contribution in [1.29, 1.82) is 0 Å². The van der Waals surface area contributed by atoms with Gasteiger partial charge in [0.15, 0.2) is 5.43 Å². The fourth-order valence-corrected chi connectivity index (χ4v) is 1.34. The Balaban J connectivity index is 2.62. The van der Waals surface area contributed by atoms with Crippen molar-refractivity contribution in [2.75, 3.05) is 0 Å². The number of hydrogen-bond donors (Lipinski definition) is 0. The molecule has 1 heterocycles. The summed E-state index contributed by atoms with van der Waals surface area (Å²) in [5.74, 6) is -0.874. The molecule has 0 bridgehead atoms. The van der Waals surface area contributed by atoms with E-state index < -0.39 is 5.97 Å². The van der Waals surface area contributed by atoms with Crippen LogP contribution in [0.4, 0.5) is 0 Å². The van der Waals surface area contributed by atoms with Gasteiger partial charge in [0.2, 0.25) is 5.76 Å². The van der Waals surface area contributed by atoms with Gasteiger partial charge in [-0.05, 0) is 12.1 Å². The van der Waals surface area contributed by atoms with Crippen LogP contribution in [0.5, 0.6) is 0 Å². The van der Waals surface area contributed by atoms with Gasteiger partial charge in [-0.2, -0.15) is 0 Å². The third-order valence-electron chi connectivity index (χ3n) is 2.03. The summed E-state index contributed by atoms with van der Waals surface area (Å²) in [7, 11) is 0. The first-order chi connectivity index (χ1) is 7.72. The lowest BCUT2D eigenvalue weighted by Gasteiger charge is -2.00. The second-order valence-corrected chi connectivity index (χ2v) is 3.04. The SMILES string of the molecule is C=COC(=O)c1cc(=O)c2ccccc2o1. The van der Waals surface area contributed by atoms with Crippen molar-refractivity contribution < 1.29 is 13.9 Å². The van der Waals surface area contributed by atoms with E-state index in [4.69, 9.17) is 4.42 Å². The summed E-state index contributed by atoms with van der Waals surface area (Å²) in [6, 6.07) is 7.79. The van der Waals surface area contributed by atoms with Crippen molar-refractivity contribution in [2.24, 2.45) is 0 Å². The van der Waals surface area contributed by atoms with Crippen LogP contribution >= 0.6 is 0 Å². The van der Waals surface area contributed by atoms with Gasteiger partial charge in [-0.3, -0.25) is 4.79 Å². The number of para-hydroxylation sites is 1. The van der Waals surface area contributed by atoms with Crippen LogP contribution in [-0.4, -0.2) is 5.97 Å². The summed E-state index contributed by atoms with van der Waals surface area (Å²) in [6.07, 6.45) is 0.984. The summed E-state index contributed by atoms with van der Waals surface area (Å²) in [4.78, 5) is 22.9. The molecule has 16 heavy (non-hydrogen) atoms. The van der Waals surface area contributed by atoms with E-state index in [1.54, 1.807) is 24.3 Å². The Morgan fingerprint density at radius 2 is 2.12 bits per heavy atom. The number of rotatable bonds is 2. The highest BCUT2D eigenvalue weighted by Gasteiger charge is 2.12. The molecule has 2 aromatic rings. The smallest absolute Gasteiger partial charge is 0.379 e. The Morgan fingerprint density at radius 3 is 2.88 bits per heavy atom. The van der Waals surface area contributed by atoms with Crippen LogP contribution in [0.2, 0.25) is 0 Å². The van der Waals surface area contributed by atoms with E-state index in [1.165, 1.54) is 0 Å². The lowest BCUT2D eigenvalue weighted by molar-refractivity contribution is 0.0630. The average Bonchev–Trinajstić information content (AvgIpc) is 2.29. The Kier molecular flexibility index (Phi) is 2.55. The highest BCUT2D eigenvalue weighted by atomic mass is 16.5. The molecule has 0 amide bonds. The van der Waals surface area contributed by atoms with Crippen LogP contribution in [-0.2, 0) is 4.74 Å². The fraction of sp³-hybridized carbons (Fsp3) is 0. The maximum atomic E-state index is 11.6. The number of benzene rings is 1. The van der Waals surface area contributed by atoms with Gasteiger partial charge in [-0.15, -0.1) is 0 Å². The van der Waals surface area contributed by atoms with Crippen LogP contribution in [0, 0.1) is 0 Å². The zero-order valence-corrected chi connectivity index (χ0v) is 8.30. The third-order valence-corrected chi connectivity index (χ3v) is 2.03. The number of fused-ring (bicyclic) bond motifs is 1. The van der Waals surface area contributed by atoms with Gasteiger partial charge < -0.3 is 9.15 Å². The molecule has 0 aliphatic heterocycles. The third kappa shape index (κ3) is 1.72. The molecule has 0 fully saturated rings. The van der Waals surface area contributed by atoms with Gasteiger partial charge in [-0.1, -0.05) is 18.7 Å². The molecule has 0 atom stereocenters. The summed E-state index contributed by atoms with van der Waals surface area (Å²) >= 11 is 0. The summed E-state index contributed by atoms with van der Waals surface area (Å²) in [5, 5.41) is 0.428. The quantitative estimate of drug-likeness (QED) is 0.569. The molecular formula is C12H8O4. The number of hydrogen-bond acceptors (Lipinski definition) is 4. The maximum absolute atomic E-state index is 11.6. The predicted octanol–water partition coefficient (Wildman–Crippen LogP) is 2.09. The first-order valence-corrected chi connectivity index (χ1v) is 4.57. The standard InChI is InChI=1S/C12H8O4/c1-2-15-12(14)11-7-9(13)8-5-3-4-6-10(8)16-11/h2-7H,1H2. The molecule has 0 radical (unpaired) electrons.